The number of hydrogen-bond acceptors (Lipinski definition) is 3. The Hall–Kier alpha value is -2.57. The van der Waals surface area contributed by atoms with Crippen molar-refractivity contribution < 1.29 is 9.59 Å². The highest BCUT2D eigenvalue weighted by Crippen LogP contribution is 2.15. The molecule has 0 radical (unpaired) electrons. The standard InChI is InChI=1S/C18H27N5O2/c1-3-10-19-17(24)9-12-21-18(25)20-11-6-13-23-14(2)22-15-7-4-5-8-16(15)23/h4-5,7-8H,3,6,9-13H2,1-2H3,(H,19,24)(H2,20,21,25). The van der Waals surface area contributed by atoms with Crippen molar-refractivity contribution in [3.8, 4) is 0 Å². The molecule has 0 aliphatic carbocycles. The lowest BCUT2D eigenvalue weighted by Crippen LogP contribution is -2.38. The van der Waals surface area contributed by atoms with Gasteiger partial charge >= 0.3 is 6.03 Å². The Bertz CT molecular complexity index is 711. The number of fused-ring (bicyclic) bond motifs is 1. The van der Waals surface area contributed by atoms with Gasteiger partial charge in [-0.3, -0.25) is 4.79 Å². The quantitative estimate of drug-likeness (QED) is 0.607. The summed E-state index contributed by atoms with van der Waals surface area (Å²) in [4.78, 5) is 27.7. The summed E-state index contributed by atoms with van der Waals surface area (Å²) < 4.78 is 2.16. The maximum atomic E-state index is 11.7. The Labute approximate surface area is 148 Å². The molecule has 0 saturated carbocycles. The Morgan fingerprint density at radius 3 is 2.64 bits per heavy atom. The van der Waals surface area contributed by atoms with Crippen molar-refractivity contribution >= 4 is 23.0 Å². The number of carbonyl (C=O) groups excluding carboxylic acids is 2. The molecule has 1 aromatic carbocycles. The average molecular weight is 345 g/mol. The van der Waals surface area contributed by atoms with E-state index in [1.807, 2.05) is 32.0 Å². The van der Waals surface area contributed by atoms with Crippen molar-refractivity contribution in [2.45, 2.75) is 39.7 Å². The predicted molar refractivity (Wildman–Crippen MR) is 98.4 cm³/mol. The van der Waals surface area contributed by atoms with Crippen LogP contribution in [0.2, 0.25) is 0 Å². The Morgan fingerprint density at radius 2 is 1.84 bits per heavy atom. The van der Waals surface area contributed by atoms with E-state index in [-0.39, 0.29) is 11.9 Å². The minimum Gasteiger partial charge on any atom is -0.356 e. The molecule has 0 aliphatic heterocycles. The second-order valence-electron chi connectivity index (χ2n) is 5.94. The fourth-order valence-electron chi connectivity index (χ4n) is 2.62. The zero-order valence-corrected chi connectivity index (χ0v) is 15.0. The number of hydrogen-bond donors (Lipinski definition) is 3. The van der Waals surface area contributed by atoms with E-state index in [9.17, 15) is 9.59 Å². The predicted octanol–water partition coefficient (Wildman–Crippen LogP) is 1.95. The summed E-state index contributed by atoms with van der Waals surface area (Å²) in [6.45, 7) is 6.37. The first kappa shape index (κ1) is 18.8. The molecule has 1 aromatic heterocycles. The fourth-order valence-corrected chi connectivity index (χ4v) is 2.62. The molecular weight excluding hydrogens is 318 g/mol. The molecule has 25 heavy (non-hydrogen) atoms. The molecule has 7 nitrogen and oxygen atoms in total. The van der Waals surface area contributed by atoms with Crippen molar-refractivity contribution in [2.24, 2.45) is 0 Å². The lowest BCUT2D eigenvalue weighted by Gasteiger charge is -2.09. The van der Waals surface area contributed by atoms with Gasteiger partial charge in [-0.2, -0.15) is 0 Å². The molecule has 136 valence electrons. The van der Waals surface area contributed by atoms with E-state index < -0.39 is 0 Å². The van der Waals surface area contributed by atoms with Gasteiger partial charge in [0.1, 0.15) is 5.82 Å². The van der Waals surface area contributed by atoms with E-state index in [4.69, 9.17) is 0 Å². The number of aryl methyl sites for hydroxylation is 2. The number of rotatable bonds is 9. The van der Waals surface area contributed by atoms with Crippen LogP contribution in [0.1, 0.15) is 32.0 Å². The first-order chi connectivity index (χ1) is 12.1. The van der Waals surface area contributed by atoms with Crippen LogP contribution >= 0.6 is 0 Å². The first-order valence-electron chi connectivity index (χ1n) is 8.82. The summed E-state index contributed by atoms with van der Waals surface area (Å²) in [5, 5.41) is 8.28. The Morgan fingerprint density at radius 1 is 1.08 bits per heavy atom. The van der Waals surface area contributed by atoms with Crippen LogP contribution in [0, 0.1) is 6.92 Å². The van der Waals surface area contributed by atoms with Gasteiger partial charge in [0.05, 0.1) is 11.0 Å². The van der Waals surface area contributed by atoms with Crippen LogP contribution in [0.4, 0.5) is 4.79 Å². The van der Waals surface area contributed by atoms with Crippen molar-refractivity contribution in [1.29, 1.82) is 0 Å². The molecule has 2 aromatic rings. The van der Waals surface area contributed by atoms with Gasteiger partial charge in [0.15, 0.2) is 0 Å². The monoisotopic (exact) mass is 345 g/mol. The molecular formula is C18H27N5O2. The van der Waals surface area contributed by atoms with Crippen molar-refractivity contribution in [2.75, 3.05) is 19.6 Å². The zero-order valence-electron chi connectivity index (χ0n) is 15.0. The van der Waals surface area contributed by atoms with Gasteiger partial charge in [-0.1, -0.05) is 19.1 Å². The number of amides is 3. The third kappa shape index (κ3) is 5.77. The summed E-state index contributed by atoms with van der Waals surface area (Å²) in [5.74, 6) is 0.938. The van der Waals surface area contributed by atoms with E-state index >= 15 is 0 Å². The third-order valence-corrected chi connectivity index (χ3v) is 3.90. The second kappa shape index (κ2) is 9.66. The van der Waals surface area contributed by atoms with Crippen LogP contribution in [-0.2, 0) is 11.3 Å². The highest BCUT2D eigenvalue weighted by Gasteiger charge is 2.07. The van der Waals surface area contributed by atoms with E-state index in [2.05, 4.69) is 31.6 Å². The van der Waals surface area contributed by atoms with Crippen LogP contribution in [0.15, 0.2) is 24.3 Å². The number of carbonyl (C=O) groups is 2. The lowest BCUT2D eigenvalue weighted by atomic mass is 10.3. The maximum Gasteiger partial charge on any atom is 0.314 e. The number of urea groups is 1. The number of nitrogens with one attached hydrogen (secondary N) is 3. The molecule has 2 rings (SSSR count). The van der Waals surface area contributed by atoms with E-state index in [0.717, 1.165) is 36.2 Å². The van der Waals surface area contributed by atoms with Crippen LogP contribution < -0.4 is 16.0 Å². The minimum absolute atomic E-state index is 0.0374. The summed E-state index contributed by atoms with van der Waals surface area (Å²) in [5.41, 5.74) is 2.11. The van der Waals surface area contributed by atoms with Crippen molar-refractivity contribution in [3.05, 3.63) is 30.1 Å². The van der Waals surface area contributed by atoms with Gasteiger partial charge in [-0.05, 0) is 31.9 Å². The zero-order chi connectivity index (χ0) is 18.1. The topological polar surface area (TPSA) is 88.0 Å². The second-order valence-corrected chi connectivity index (χ2v) is 5.94. The van der Waals surface area contributed by atoms with Crippen LogP contribution in [0.5, 0.6) is 0 Å². The molecule has 0 fully saturated rings. The van der Waals surface area contributed by atoms with Gasteiger partial charge in [0.2, 0.25) is 5.91 Å². The fraction of sp³-hybridized carbons (Fsp3) is 0.500. The third-order valence-electron chi connectivity index (χ3n) is 3.90. The van der Waals surface area contributed by atoms with Crippen molar-refractivity contribution in [1.82, 2.24) is 25.5 Å². The molecule has 0 aliphatic rings. The van der Waals surface area contributed by atoms with Crippen LogP contribution in [0.25, 0.3) is 11.0 Å². The number of imidazole rings is 1. The Balaban J connectivity index is 1.64. The number of aromatic nitrogens is 2. The average Bonchev–Trinajstić information content (AvgIpc) is 2.92. The number of benzene rings is 1. The molecule has 0 bridgehead atoms. The van der Waals surface area contributed by atoms with Gasteiger partial charge in [-0.15, -0.1) is 0 Å². The largest absolute Gasteiger partial charge is 0.356 e. The molecule has 1 heterocycles. The lowest BCUT2D eigenvalue weighted by molar-refractivity contribution is -0.120. The molecule has 3 N–H and O–H groups in total. The molecule has 0 unspecified atom stereocenters. The van der Waals surface area contributed by atoms with Crippen LogP contribution in [-0.4, -0.2) is 41.1 Å². The number of nitrogens with zero attached hydrogens (tertiary/aromatic N) is 2. The molecule has 7 heteroatoms. The summed E-state index contributed by atoms with van der Waals surface area (Å²) >= 11 is 0. The Kier molecular flexibility index (Phi) is 7.25. The minimum atomic E-state index is -0.240. The van der Waals surface area contributed by atoms with Gasteiger partial charge in [0.25, 0.3) is 0 Å². The first-order valence-corrected chi connectivity index (χ1v) is 8.82. The molecule has 3 amide bonds. The van der Waals surface area contributed by atoms with Crippen LogP contribution in [0.3, 0.4) is 0 Å². The molecule has 0 spiro atoms. The van der Waals surface area contributed by atoms with Gasteiger partial charge in [-0.25, -0.2) is 9.78 Å². The van der Waals surface area contributed by atoms with E-state index in [1.54, 1.807) is 0 Å². The smallest absolute Gasteiger partial charge is 0.314 e. The highest BCUT2D eigenvalue weighted by atomic mass is 16.2. The molecule has 0 atom stereocenters. The number of para-hydroxylation sites is 2. The van der Waals surface area contributed by atoms with Crippen molar-refractivity contribution in [3.63, 3.8) is 0 Å². The van der Waals surface area contributed by atoms with E-state index in [0.29, 0.717) is 26.1 Å². The van der Waals surface area contributed by atoms with Gasteiger partial charge < -0.3 is 20.5 Å². The van der Waals surface area contributed by atoms with E-state index in [1.165, 1.54) is 0 Å². The highest BCUT2D eigenvalue weighted by molar-refractivity contribution is 5.78. The normalized spacial score (nSPS) is 10.6. The van der Waals surface area contributed by atoms with Gasteiger partial charge in [0, 0.05) is 32.6 Å². The summed E-state index contributed by atoms with van der Waals surface area (Å²) in [7, 11) is 0. The summed E-state index contributed by atoms with van der Waals surface area (Å²) in [6.07, 6.45) is 2.02. The molecule has 0 saturated heterocycles. The maximum absolute atomic E-state index is 11.7. The summed E-state index contributed by atoms with van der Waals surface area (Å²) in [6, 6.07) is 7.80. The SMILES string of the molecule is CCCNC(=O)CCNC(=O)NCCCn1c(C)nc2ccccc21.